The summed E-state index contributed by atoms with van der Waals surface area (Å²) in [5.74, 6) is -2.07. The first-order valence-electron chi connectivity index (χ1n) is 2.60. The van der Waals surface area contributed by atoms with Gasteiger partial charge in [-0.2, -0.15) is 0 Å². The van der Waals surface area contributed by atoms with Crippen molar-refractivity contribution >= 4 is 5.97 Å². The molecule has 0 aliphatic rings. The summed E-state index contributed by atoms with van der Waals surface area (Å²) < 4.78 is 0. The number of nitrogens with two attached hydrogens (primary N) is 1. The lowest BCUT2D eigenvalue weighted by Gasteiger charge is -1.99. The highest BCUT2D eigenvalue weighted by molar-refractivity contribution is 5.73. The molecule has 0 saturated carbocycles. The van der Waals surface area contributed by atoms with E-state index in [1.54, 1.807) is 0 Å². The maximum atomic E-state index is 9.99. The van der Waals surface area contributed by atoms with Crippen LogP contribution in [0.4, 0.5) is 0 Å². The quantitative estimate of drug-likeness (QED) is 0.412. The van der Waals surface area contributed by atoms with Crippen LogP contribution in [0.25, 0.3) is 0 Å². The Bertz CT molecular complexity index is 150. The van der Waals surface area contributed by atoms with Crippen LogP contribution in [0, 0.1) is 0 Å². The predicted molar refractivity (Wildman–Crippen MR) is 33.6 cm³/mol. The molecule has 5 N–H and O–H groups in total. The van der Waals surface area contributed by atoms with Crippen molar-refractivity contribution in [2.24, 2.45) is 5.73 Å². The molecule has 0 aromatic heterocycles. The highest BCUT2D eigenvalue weighted by Gasteiger charge is 2.08. The molecule has 0 unspecified atom stereocenters. The summed E-state index contributed by atoms with van der Waals surface area (Å²) >= 11 is 0. The molecule has 0 aromatic rings. The van der Waals surface area contributed by atoms with Gasteiger partial charge in [0.25, 0.3) is 5.95 Å². The Hall–Kier alpha value is -1.23. The summed E-state index contributed by atoms with van der Waals surface area (Å²) in [4.78, 5) is 9.99. The first-order chi connectivity index (χ1) is 4.54. The van der Waals surface area contributed by atoms with E-state index in [1.165, 1.54) is 0 Å². The number of carboxylic acid groups (broad SMARTS) is 1. The second kappa shape index (κ2) is 3.73. The smallest absolute Gasteiger partial charge is 0.320 e. The average molecular weight is 147 g/mol. The maximum Gasteiger partial charge on any atom is 0.320 e. The summed E-state index contributed by atoms with van der Waals surface area (Å²) in [7, 11) is 0. The van der Waals surface area contributed by atoms with Crippen molar-refractivity contribution in [1.82, 2.24) is 0 Å². The minimum absolute atomic E-state index is 0.0856. The summed E-state index contributed by atoms with van der Waals surface area (Å²) in [5.41, 5.74) is 5.00. The molecule has 10 heavy (non-hydrogen) atoms. The van der Waals surface area contributed by atoms with Gasteiger partial charge in [0.05, 0.1) is 0 Å². The molecule has 0 fully saturated rings. The Kier molecular flexibility index (Phi) is 3.27. The van der Waals surface area contributed by atoms with Crippen molar-refractivity contribution in [3.8, 4) is 0 Å². The lowest BCUT2D eigenvalue weighted by atomic mass is 10.2. The summed E-state index contributed by atoms with van der Waals surface area (Å²) in [5, 5.41) is 24.5. The third-order valence-corrected chi connectivity index (χ3v) is 0.872. The first kappa shape index (κ1) is 8.77. The number of hydrogen-bond donors (Lipinski definition) is 4. The lowest BCUT2D eigenvalue weighted by molar-refractivity contribution is -0.138. The van der Waals surface area contributed by atoms with E-state index >= 15 is 0 Å². The van der Waals surface area contributed by atoms with E-state index in [4.69, 9.17) is 21.1 Å². The van der Waals surface area contributed by atoms with Gasteiger partial charge in [0, 0.05) is 0 Å². The van der Waals surface area contributed by atoms with Crippen LogP contribution in [0.5, 0.6) is 0 Å². The van der Waals surface area contributed by atoms with Crippen LogP contribution in [0.15, 0.2) is 12.0 Å². The van der Waals surface area contributed by atoms with Crippen molar-refractivity contribution in [3.05, 3.63) is 12.0 Å². The Balaban J connectivity index is 3.70. The zero-order chi connectivity index (χ0) is 8.15. The van der Waals surface area contributed by atoms with Crippen LogP contribution in [0.1, 0.15) is 6.42 Å². The molecule has 58 valence electrons. The van der Waals surface area contributed by atoms with Gasteiger partial charge in [-0.1, -0.05) is 0 Å². The molecule has 5 nitrogen and oxygen atoms in total. The molecule has 0 aliphatic carbocycles. The zero-order valence-corrected chi connectivity index (χ0v) is 5.19. The number of rotatable bonds is 3. The number of aliphatic carboxylic acids is 1. The molecular formula is C5H9NO4. The van der Waals surface area contributed by atoms with Gasteiger partial charge in [0.1, 0.15) is 6.04 Å². The fraction of sp³-hybridized carbons (Fsp3) is 0.400. The SMILES string of the molecule is N[C@@H](CC=C(O)O)C(=O)O. The van der Waals surface area contributed by atoms with E-state index in [0.717, 1.165) is 6.08 Å². The predicted octanol–water partition coefficient (Wildman–Crippen LogP) is -0.254. The van der Waals surface area contributed by atoms with Crippen LogP contribution >= 0.6 is 0 Å². The van der Waals surface area contributed by atoms with Gasteiger partial charge in [0.2, 0.25) is 0 Å². The highest BCUT2D eigenvalue weighted by atomic mass is 16.5. The van der Waals surface area contributed by atoms with Gasteiger partial charge in [-0.3, -0.25) is 4.79 Å². The van der Waals surface area contributed by atoms with Gasteiger partial charge in [0.15, 0.2) is 0 Å². The molecule has 0 radical (unpaired) electrons. The Labute approximate surface area is 57.4 Å². The topological polar surface area (TPSA) is 104 Å². The Morgan fingerprint density at radius 1 is 1.50 bits per heavy atom. The number of aliphatic hydroxyl groups is 2. The van der Waals surface area contributed by atoms with Gasteiger partial charge < -0.3 is 21.1 Å². The standard InChI is InChI=1S/C5H9NO4/c6-3(5(9)10)1-2-4(7)8/h2-3,7-8H,1,6H2,(H,9,10)/t3-/m0/s1. The molecule has 0 saturated heterocycles. The molecule has 0 heterocycles. The number of aliphatic hydroxyl groups excluding tert-OH is 1. The monoisotopic (exact) mass is 147 g/mol. The number of carboxylic acids is 1. The molecule has 0 spiro atoms. The first-order valence-corrected chi connectivity index (χ1v) is 2.60. The van der Waals surface area contributed by atoms with Crippen molar-refractivity contribution in [2.45, 2.75) is 12.5 Å². The molecule has 1 atom stereocenters. The van der Waals surface area contributed by atoms with E-state index in [-0.39, 0.29) is 6.42 Å². The Morgan fingerprint density at radius 2 is 2.00 bits per heavy atom. The van der Waals surface area contributed by atoms with Crippen LogP contribution in [-0.4, -0.2) is 27.3 Å². The molecule has 0 bridgehead atoms. The maximum absolute atomic E-state index is 9.99. The van der Waals surface area contributed by atoms with Crippen molar-refractivity contribution in [1.29, 1.82) is 0 Å². The van der Waals surface area contributed by atoms with Crippen molar-refractivity contribution in [2.75, 3.05) is 0 Å². The zero-order valence-electron chi connectivity index (χ0n) is 5.19. The Morgan fingerprint density at radius 3 is 2.30 bits per heavy atom. The lowest BCUT2D eigenvalue weighted by Crippen LogP contribution is -2.29. The van der Waals surface area contributed by atoms with Crippen LogP contribution in [0.3, 0.4) is 0 Å². The molecule has 0 aliphatic heterocycles. The van der Waals surface area contributed by atoms with Gasteiger partial charge in [-0.15, -0.1) is 0 Å². The summed E-state index contributed by atoms with van der Waals surface area (Å²) in [6.07, 6.45) is 0.844. The third-order valence-electron chi connectivity index (χ3n) is 0.872. The van der Waals surface area contributed by atoms with Crippen LogP contribution < -0.4 is 5.73 Å². The van der Waals surface area contributed by atoms with Crippen LogP contribution in [0.2, 0.25) is 0 Å². The summed E-state index contributed by atoms with van der Waals surface area (Å²) in [6.45, 7) is 0. The largest absolute Gasteiger partial charge is 0.481 e. The fourth-order valence-corrected chi connectivity index (χ4v) is 0.333. The van der Waals surface area contributed by atoms with Crippen molar-refractivity contribution in [3.63, 3.8) is 0 Å². The van der Waals surface area contributed by atoms with E-state index in [1.807, 2.05) is 0 Å². The minimum atomic E-state index is -1.17. The molecule has 0 aromatic carbocycles. The molecular weight excluding hydrogens is 138 g/mol. The minimum Gasteiger partial charge on any atom is -0.481 e. The van der Waals surface area contributed by atoms with Gasteiger partial charge in [-0.25, -0.2) is 0 Å². The average Bonchev–Trinajstić information content (AvgIpc) is 1.82. The fourth-order valence-electron chi connectivity index (χ4n) is 0.333. The number of carbonyl (C=O) groups is 1. The van der Waals surface area contributed by atoms with Gasteiger partial charge in [-0.05, 0) is 12.5 Å². The number of hydrogen-bond acceptors (Lipinski definition) is 4. The van der Waals surface area contributed by atoms with Crippen molar-refractivity contribution < 1.29 is 20.1 Å². The molecule has 0 amide bonds. The van der Waals surface area contributed by atoms with E-state index in [0.29, 0.717) is 0 Å². The third kappa shape index (κ3) is 3.73. The van der Waals surface area contributed by atoms with Crippen LogP contribution in [-0.2, 0) is 4.79 Å². The highest BCUT2D eigenvalue weighted by Crippen LogP contribution is 1.91. The molecule has 0 rings (SSSR count). The summed E-state index contributed by atoms with van der Waals surface area (Å²) in [6, 6.07) is -1.07. The second-order valence-corrected chi connectivity index (χ2v) is 1.74. The van der Waals surface area contributed by atoms with Gasteiger partial charge >= 0.3 is 5.97 Å². The normalized spacial score (nSPS) is 12.1. The second-order valence-electron chi connectivity index (χ2n) is 1.74. The van der Waals surface area contributed by atoms with E-state index in [2.05, 4.69) is 0 Å². The molecule has 5 heteroatoms. The van der Waals surface area contributed by atoms with E-state index < -0.39 is 18.0 Å². The van der Waals surface area contributed by atoms with E-state index in [9.17, 15) is 4.79 Å².